The van der Waals surface area contributed by atoms with Crippen LogP contribution < -0.4 is 15.5 Å². The maximum absolute atomic E-state index is 12.5. The van der Waals surface area contributed by atoms with Crippen LogP contribution in [0.2, 0.25) is 0 Å². The summed E-state index contributed by atoms with van der Waals surface area (Å²) in [6.07, 6.45) is 28.7. The van der Waals surface area contributed by atoms with Crippen molar-refractivity contribution in [2.24, 2.45) is 11.8 Å². The fraction of sp³-hybridized carbons (Fsp3) is 0.600. The third-order valence-electron chi connectivity index (χ3n) is 8.26. The van der Waals surface area contributed by atoms with Crippen molar-refractivity contribution in [2.45, 2.75) is 90.1 Å². The molecule has 4 rings (SSSR count). The van der Waals surface area contributed by atoms with Gasteiger partial charge < -0.3 is 15.5 Å². The zero-order valence-electron chi connectivity index (χ0n) is 22.1. The average Bonchev–Trinajstić information content (AvgIpc) is 2.90. The summed E-state index contributed by atoms with van der Waals surface area (Å²) in [4.78, 5) is 28.9. The van der Waals surface area contributed by atoms with Crippen LogP contribution in [-0.4, -0.2) is 41.9 Å². The van der Waals surface area contributed by atoms with Crippen LogP contribution in [0.25, 0.3) is 0 Å². The van der Waals surface area contributed by atoms with Crippen molar-refractivity contribution >= 4 is 11.8 Å². The lowest BCUT2D eigenvalue weighted by atomic mass is 9.84. The van der Waals surface area contributed by atoms with E-state index < -0.39 is 0 Å². The molecule has 0 saturated heterocycles. The number of carbonyl (C=O) groups excluding carboxylic acids is 2. The zero-order valence-corrected chi connectivity index (χ0v) is 22.1. The smallest absolute Gasteiger partial charge is 0.281 e. The molecule has 0 aromatic rings. The first-order valence-corrected chi connectivity index (χ1v) is 14.1. The Bertz CT molecular complexity index is 813. The number of allylic oxidation sites excluding steroid dienone is 6. The summed E-state index contributed by atoms with van der Waals surface area (Å²) in [5.74, 6) is 1.37. The number of carbonyl (C=O) groups is 2. The molecule has 0 aromatic carbocycles. The van der Waals surface area contributed by atoms with E-state index in [4.69, 9.17) is 0 Å². The van der Waals surface area contributed by atoms with E-state index >= 15 is 0 Å². The molecule has 2 aliphatic heterocycles. The molecule has 0 aromatic heterocycles. The molecule has 4 aliphatic rings. The second-order valence-electron chi connectivity index (χ2n) is 11.0. The third-order valence-corrected chi connectivity index (χ3v) is 8.26. The lowest BCUT2D eigenvalue weighted by molar-refractivity contribution is -0.122. The Labute approximate surface area is 217 Å². The standard InChI is InChI=1S/C30H44N4O2/c1-23(25-9-5-3-6-10-25)31-29(35)21-33-17-13-27(14-18-33)28-15-19-34(20-16-28)22-30(36)32-24(2)26-11-7-4-8-12-26/h13-20,23-26H,3-12,21-22H2,1-2H3,(H,31,35)(H,32,36)/q+1/t23-,24-/m0/s1. The Kier molecular flexibility index (Phi) is 9.62. The molecule has 6 heteroatoms. The number of hydrogen-bond donors (Lipinski definition) is 2. The van der Waals surface area contributed by atoms with E-state index in [1.165, 1.54) is 64.2 Å². The van der Waals surface area contributed by atoms with E-state index in [2.05, 4.69) is 24.5 Å². The Morgan fingerprint density at radius 1 is 0.778 bits per heavy atom. The lowest BCUT2D eigenvalue weighted by Gasteiger charge is -2.29. The van der Waals surface area contributed by atoms with Crippen molar-refractivity contribution in [3.05, 3.63) is 60.3 Å². The predicted octanol–water partition coefficient (Wildman–Crippen LogP) is 4.98. The number of hydrogen-bond acceptors (Lipinski definition) is 4. The molecular formula is C30H44N4O2+. The van der Waals surface area contributed by atoms with Gasteiger partial charge in [-0.2, -0.15) is 0 Å². The molecule has 2 atom stereocenters. The molecule has 195 valence electrons. The zero-order chi connectivity index (χ0) is 25.3. The van der Waals surface area contributed by atoms with Crippen LogP contribution >= 0.6 is 0 Å². The first-order valence-electron chi connectivity index (χ1n) is 14.1. The van der Waals surface area contributed by atoms with Crippen molar-refractivity contribution in [1.82, 2.24) is 20.4 Å². The van der Waals surface area contributed by atoms with Gasteiger partial charge >= 0.3 is 0 Å². The normalized spacial score (nSPS) is 23.1. The van der Waals surface area contributed by atoms with Crippen molar-refractivity contribution in [2.75, 3.05) is 13.1 Å². The highest BCUT2D eigenvalue weighted by Gasteiger charge is 2.25. The monoisotopic (exact) mass is 492 g/mol. The van der Waals surface area contributed by atoms with Gasteiger partial charge in [0.2, 0.25) is 12.5 Å². The largest absolute Gasteiger partial charge is 0.352 e. The van der Waals surface area contributed by atoms with E-state index in [0.717, 1.165) is 11.1 Å². The van der Waals surface area contributed by atoms with Crippen LogP contribution in [-0.2, 0) is 9.59 Å². The average molecular weight is 493 g/mol. The summed E-state index contributed by atoms with van der Waals surface area (Å²) in [7, 11) is 0. The van der Waals surface area contributed by atoms with Crippen LogP contribution in [0.4, 0.5) is 0 Å². The topological polar surface area (TPSA) is 67.3 Å². The molecule has 2 fully saturated rings. The molecule has 1 radical (unpaired) electrons. The Morgan fingerprint density at radius 2 is 1.25 bits per heavy atom. The Hall–Kier alpha value is -2.60. The molecule has 2 amide bonds. The van der Waals surface area contributed by atoms with Gasteiger partial charge in [0, 0.05) is 36.6 Å². The van der Waals surface area contributed by atoms with Gasteiger partial charge in [-0.15, -0.1) is 4.90 Å². The van der Waals surface area contributed by atoms with Crippen LogP contribution in [0.3, 0.4) is 0 Å². The molecule has 0 bridgehead atoms. The molecule has 0 spiro atoms. The molecule has 0 unspecified atom stereocenters. The molecule has 36 heavy (non-hydrogen) atoms. The molecule has 2 aliphatic carbocycles. The van der Waals surface area contributed by atoms with Crippen LogP contribution in [0, 0.1) is 11.8 Å². The predicted molar refractivity (Wildman–Crippen MR) is 146 cm³/mol. The molecular weight excluding hydrogens is 448 g/mol. The highest BCUT2D eigenvalue weighted by molar-refractivity contribution is 5.79. The summed E-state index contributed by atoms with van der Waals surface area (Å²) in [5, 5.41) is 6.40. The van der Waals surface area contributed by atoms with Gasteiger partial charge in [-0.1, -0.05) is 38.5 Å². The minimum Gasteiger partial charge on any atom is -0.352 e. The number of amides is 2. The van der Waals surface area contributed by atoms with E-state index in [1.807, 2.05) is 58.9 Å². The number of nitrogens with zero attached hydrogens (tertiary/aromatic N) is 2. The van der Waals surface area contributed by atoms with Crippen molar-refractivity contribution < 1.29 is 9.59 Å². The first-order chi connectivity index (χ1) is 17.5. The highest BCUT2D eigenvalue weighted by atomic mass is 16.2. The maximum Gasteiger partial charge on any atom is 0.281 e. The quantitative estimate of drug-likeness (QED) is 0.470. The summed E-state index contributed by atoms with van der Waals surface area (Å²) >= 11 is 0. The summed E-state index contributed by atoms with van der Waals surface area (Å²) < 4.78 is 0. The SMILES string of the molecule is C[C@H](NC(=O)CN1C=CC(=C2C=C[N+](CC(=O)N[C@@H](C)C3CCCCC3)C=C2)C=C1)C1CCCCC1. The summed E-state index contributed by atoms with van der Waals surface area (Å²) in [6, 6.07) is 0.484. The van der Waals surface area contributed by atoms with Crippen LogP contribution in [0.1, 0.15) is 78.1 Å². The minimum absolute atomic E-state index is 0.0719. The maximum atomic E-state index is 12.5. The molecule has 6 nitrogen and oxygen atoms in total. The molecule has 2 heterocycles. The van der Waals surface area contributed by atoms with E-state index in [0.29, 0.717) is 24.9 Å². The second-order valence-corrected chi connectivity index (χ2v) is 11.0. The number of rotatable bonds is 8. The molecule has 2 N–H and O–H groups in total. The van der Waals surface area contributed by atoms with Crippen molar-refractivity contribution in [3.63, 3.8) is 0 Å². The second kappa shape index (κ2) is 13.1. The van der Waals surface area contributed by atoms with Crippen molar-refractivity contribution in [1.29, 1.82) is 0 Å². The number of nitrogens with one attached hydrogen (secondary N) is 2. The van der Waals surface area contributed by atoms with Crippen molar-refractivity contribution in [3.8, 4) is 0 Å². The third kappa shape index (κ3) is 7.70. The Morgan fingerprint density at radius 3 is 1.78 bits per heavy atom. The highest BCUT2D eigenvalue weighted by Crippen LogP contribution is 2.27. The van der Waals surface area contributed by atoms with Gasteiger partial charge in [0.05, 0.1) is 0 Å². The molecule has 2 saturated carbocycles. The van der Waals surface area contributed by atoms with E-state index in [9.17, 15) is 9.59 Å². The van der Waals surface area contributed by atoms with Gasteiger partial charge in [0.15, 0.2) is 12.4 Å². The Balaban J connectivity index is 1.20. The van der Waals surface area contributed by atoms with E-state index in [1.54, 1.807) is 0 Å². The van der Waals surface area contributed by atoms with Gasteiger partial charge in [0.1, 0.15) is 6.54 Å². The van der Waals surface area contributed by atoms with Gasteiger partial charge in [-0.25, -0.2) is 0 Å². The van der Waals surface area contributed by atoms with Crippen LogP contribution in [0.15, 0.2) is 60.3 Å². The fourth-order valence-corrected chi connectivity index (χ4v) is 5.95. The van der Waals surface area contributed by atoms with Gasteiger partial charge in [0.25, 0.3) is 5.91 Å². The summed E-state index contributed by atoms with van der Waals surface area (Å²) in [6.45, 7) is 4.95. The van der Waals surface area contributed by atoms with E-state index in [-0.39, 0.29) is 23.9 Å². The fourth-order valence-electron chi connectivity index (χ4n) is 5.95. The minimum atomic E-state index is 0.0719. The van der Waals surface area contributed by atoms with Gasteiger partial charge in [-0.05, 0) is 74.7 Å². The van der Waals surface area contributed by atoms with Crippen LogP contribution in [0.5, 0.6) is 0 Å². The summed E-state index contributed by atoms with van der Waals surface area (Å²) in [5.41, 5.74) is 2.18. The lowest BCUT2D eigenvalue weighted by Crippen LogP contribution is -2.43. The first kappa shape index (κ1) is 26.5. The van der Waals surface area contributed by atoms with Gasteiger partial charge in [-0.3, -0.25) is 9.59 Å².